The maximum atomic E-state index is 5.67. The molecule has 0 fully saturated rings. The van der Waals surface area contributed by atoms with Gasteiger partial charge in [0.15, 0.2) is 0 Å². The quantitative estimate of drug-likeness (QED) is 0.793. The zero-order valence-corrected chi connectivity index (χ0v) is 12.9. The fourth-order valence-corrected chi connectivity index (χ4v) is 3.11. The van der Waals surface area contributed by atoms with Crippen LogP contribution in [0.15, 0.2) is 73.0 Å². The van der Waals surface area contributed by atoms with E-state index in [2.05, 4.69) is 15.4 Å². The van der Waals surface area contributed by atoms with Gasteiger partial charge in [0.1, 0.15) is 16.9 Å². The number of pyridine rings is 1. The standard InChI is InChI=1S/C17H13N3O2S/c1-2-5-12(6-3-1)17-19-11-15(23-17)14-9-16(20-22-14)21-13-7-4-8-18-10-13/h1-11,14,20H/t14-/m0/s1. The van der Waals surface area contributed by atoms with Crippen LogP contribution in [0.3, 0.4) is 0 Å². The zero-order valence-electron chi connectivity index (χ0n) is 12.0. The Balaban J connectivity index is 1.50. The van der Waals surface area contributed by atoms with Crippen molar-refractivity contribution in [2.75, 3.05) is 0 Å². The number of nitrogens with one attached hydrogen (secondary N) is 1. The average Bonchev–Trinajstić information content (AvgIpc) is 3.26. The van der Waals surface area contributed by atoms with Gasteiger partial charge in [0.05, 0.1) is 11.1 Å². The van der Waals surface area contributed by atoms with E-state index < -0.39 is 0 Å². The van der Waals surface area contributed by atoms with E-state index in [9.17, 15) is 0 Å². The third kappa shape index (κ3) is 3.08. The molecule has 1 aromatic carbocycles. The summed E-state index contributed by atoms with van der Waals surface area (Å²) in [6.45, 7) is 0. The third-order valence-corrected chi connectivity index (χ3v) is 4.38. The Kier molecular flexibility index (Phi) is 3.75. The van der Waals surface area contributed by atoms with Gasteiger partial charge < -0.3 is 4.74 Å². The molecule has 0 bridgehead atoms. The minimum atomic E-state index is -0.211. The topological polar surface area (TPSA) is 56.3 Å². The van der Waals surface area contributed by atoms with Crippen LogP contribution in [0.5, 0.6) is 5.75 Å². The molecular weight excluding hydrogens is 310 g/mol. The van der Waals surface area contributed by atoms with E-state index in [1.807, 2.05) is 54.7 Å². The molecule has 2 aromatic heterocycles. The van der Waals surface area contributed by atoms with Gasteiger partial charge >= 0.3 is 0 Å². The molecule has 0 radical (unpaired) electrons. The molecule has 1 aliphatic rings. The van der Waals surface area contributed by atoms with Crippen LogP contribution >= 0.6 is 11.3 Å². The molecular formula is C17H13N3O2S. The molecule has 0 spiro atoms. The minimum absolute atomic E-state index is 0.211. The number of ether oxygens (including phenoxy) is 1. The molecule has 114 valence electrons. The van der Waals surface area contributed by atoms with Crippen LogP contribution in [0, 0.1) is 0 Å². The predicted molar refractivity (Wildman–Crippen MR) is 87.5 cm³/mol. The highest BCUT2D eigenvalue weighted by molar-refractivity contribution is 7.15. The van der Waals surface area contributed by atoms with Gasteiger partial charge in [0.2, 0.25) is 5.88 Å². The molecule has 4 rings (SSSR count). The van der Waals surface area contributed by atoms with Crippen molar-refractivity contribution in [3.63, 3.8) is 0 Å². The molecule has 1 N–H and O–H groups in total. The normalized spacial score (nSPS) is 16.7. The molecule has 0 saturated carbocycles. The molecule has 0 amide bonds. The molecule has 3 heterocycles. The van der Waals surface area contributed by atoms with Crippen molar-refractivity contribution in [3.05, 3.63) is 77.9 Å². The number of aromatic nitrogens is 2. The molecule has 23 heavy (non-hydrogen) atoms. The lowest BCUT2D eigenvalue weighted by molar-refractivity contribution is 0.0289. The van der Waals surface area contributed by atoms with Crippen LogP contribution in [0.1, 0.15) is 11.0 Å². The van der Waals surface area contributed by atoms with E-state index in [1.165, 1.54) is 0 Å². The van der Waals surface area contributed by atoms with Crippen molar-refractivity contribution < 1.29 is 9.57 Å². The molecule has 5 nitrogen and oxygen atoms in total. The van der Waals surface area contributed by atoms with Gasteiger partial charge in [-0.25, -0.2) is 10.5 Å². The maximum Gasteiger partial charge on any atom is 0.216 e. The van der Waals surface area contributed by atoms with Crippen LogP contribution in [0.2, 0.25) is 0 Å². The van der Waals surface area contributed by atoms with Crippen LogP contribution < -0.4 is 10.2 Å². The molecule has 1 aliphatic heterocycles. The van der Waals surface area contributed by atoms with Gasteiger partial charge in [-0.1, -0.05) is 30.3 Å². The monoisotopic (exact) mass is 323 g/mol. The second kappa shape index (κ2) is 6.20. The van der Waals surface area contributed by atoms with Gasteiger partial charge in [-0.2, -0.15) is 0 Å². The van der Waals surface area contributed by atoms with Crippen LogP contribution in [-0.4, -0.2) is 9.97 Å². The summed E-state index contributed by atoms with van der Waals surface area (Å²) in [6.07, 6.45) is 6.86. The first kappa shape index (κ1) is 13.9. The van der Waals surface area contributed by atoms with E-state index >= 15 is 0 Å². The molecule has 0 saturated heterocycles. The third-order valence-electron chi connectivity index (χ3n) is 3.28. The highest BCUT2D eigenvalue weighted by Gasteiger charge is 2.22. The number of hydrogen-bond acceptors (Lipinski definition) is 6. The fraction of sp³-hybridized carbons (Fsp3) is 0.0588. The van der Waals surface area contributed by atoms with Crippen LogP contribution in [0.25, 0.3) is 10.6 Å². The number of nitrogens with zero attached hydrogens (tertiary/aromatic N) is 2. The molecule has 0 aliphatic carbocycles. The smallest absolute Gasteiger partial charge is 0.216 e. The summed E-state index contributed by atoms with van der Waals surface area (Å²) in [7, 11) is 0. The van der Waals surface area contributed by atoms with Crippen molar-refractivity contribution in [1.29, 1.82) is 0 Å². The largest absolute Gasteiger partial charge is 0.438 e. The maximum absolute atomic E-state index is 5.67. The fourth-order valence-electron chi connectivity index (χ4n) is 2.19. The average molecular weight is 323 g/mol. The second-order valence-electron chi connectivity index (χ2n) is 4.90. The summed E-state index contributed by atoms with van der Waals surface area (Å²) in [5.74, 6) is 1.21. The summed E-state index contributed by atoms with van der Waals surface area (Å²) >= 11 is 1.60. The van der Waals surface area contributed by atoms with Gasteiger partial charge in [0.25, 0.3) is 0 Å². The lowest BCUT2D eigenvalue weighted by atomic mass is 10.2. The SMILES string of the molecule is C1=C(Oc2cccnc2)NO[C@@H]1c1cnc(-c2ccccc2)s1. The lowest BCUT2D eigenvalue weighted by Crippen LogP contribution is -2.11. The van der Waals surface area contributed by atoms with Crippen molar-refractivity contribution in [2.45, 2.75) is 6.10 Å². The Labute approximate surface area is 137 Å². The number of thiazole rings is 1. The first-order valence-electron chi connectivity index (χ1n) is 7.11. The Hall–Kier alpha value is -2.70. The van der Waals surface area contributed by atoms with Gasteiger partial charge in [-0.05, 0) is 12.1 Å². The zero-order chi connectivity index (χ0) is 15.5. The highest BCUT2D eigenvalue weighted by atomic mass is 32.1. The molecule has 1 atom stereocenters. The number of rotatable bonds is 4. The molecule has 6 heteroatoms. The van der Waals surface area contributed by atoms with E-state index in [0.717, 1.165) is 15.4 Å². The van der Waals surface area contributed by atoms with Gasteiger partial charge in [0, 0.05) is 24.0 Å². The van der Waals surface area contributed by atoms with E-state index in [0.29, 0.717) is 11.6 Å². The van der Waals surface area contributed by atoms with Gasteiger partial charge in [-0.3, -0.25) is 9.82 Å². The molecule has 0 unspecified atom stereocenters. The summed E-state index contributed by atoms with van der Waals surface area (Å²) in [5.41, 5.74) is 3.90. The van der Waals surface area contributed by atoms with Crippen molar-refractivity contribution >= 4 is 11.3 Å². The summed E-state index contributed by atoms with van der Waals surface area (Å²) in [6, 6.07) is 13.7. The summed E-state index contributed by atoms with van der Waals surface area (Å²) < 4.78 is 5.67. The van der Waals surface area contributed by atoms with E-state index in [-0.39, 0.29) is 6.10 Å². The first-order chi connectivity index (χ1) is 11.4. The van der Waals surface area contributed by atoms with Crippen molar-refractivity contribution in [2.24, 2.45) is 0 Å². The van der Waals surface area contributed by atoms with E-state index in [1.54, 1.807) is 23.7 Å². The summed E-state index contributed by atoms with van der Waals surface area (Å²) in [4.78, 5) is 15.1. The predicted octanol–water partition coefficient (Wildman–Crippen LogP) is 3.70. The Morgan fingerprint density at radius 2 is 2.00 bits per heavy atom. The highest BCUT2D eigenvalue weighted by Crippen LogP contribution is 2.33. The van der Waals surface area contributed by atoms with Crippen molar-refractivity contribution in [3.8, 4) is 16.3 Å². The Morgan fingerprint density at radius 1 is 1.09 bits per heavy atom. The minimum Gasteiger partial charge on any atom is -0.438 e. The Bertz CT molecular complexity index is 818. The van der Waals surface area contributed by atoms with Crippen LogP contribution in [-0.2, 0) is 4.84 Å². The lowest BCUT2D eigenvalue weighted by Gasteiger charge is -2.05. The van der Waals surface area contributed by atoms with Gasteiger partial charge in [-0.15, -0.1) is 11.3 Å². The van der Waals surface area contributed by atoms with Crippen molar-refractivity contribution in [1.82, 2.24) is 15.4 Å². The van der Waals surface area contributed by atoms with E-state index in [4.69, 9.17) is 9.57 Å². The number of hydrogen-bond donors (Lipinski definition) is 1. The molecule has 3 aromatic rings. The first-order valence-corrected chi connectivity index (χ1v) is 7.93. The summed E-state index contributed by atoms with van der Waals surface area (Å²) in [5, 5.41) is 0.972. The second-order valence-corrected chi connectivity index (χ2v) is 5.96. The number of hydroxylamine groups is 1. The Morgan fingerprint density at radius 3 is 2.83 bits per heavy atom. The van der Waals surface area contributed by atoms with Crippen LogP contribution in [0.4, 0.5) is 0 Å². The number of benzene rings is 1.